The zero-order valence-corrected chi connectivity index (χ0v) is 13.3. The molecule has 2 heterocycles. The van der Waals surface area contributed by atoms with Gasteiger partial charge in [0.15, 0.2) is 0 Å². The van der Waals surface area contributed by atoms with Gasteiger partial charge in [-0.05, 0) is 47.1 Å². The van der Waals surface area contributed by atoms with Gasteiger partial charge in [0.05, 0.1) is 11.9 Å². The maximum Gasteiger partial charge on any atom is 0.511 e. The van der Waals surface area contributed by atoms with Crippen LogP contribution in [0, 0.1) is 0 Å². The zero-order valence-electron chi connectivity index (χ0n) is 11.7. The fraction of sp³-hybridized carbons (Fsp3) is 0.500. The summed E-state index contributed by atoms with van der Waals surface area (Å²) in [4.78, 5) is 15.3. The number of rotatable bonds is 1. The molecule has 3 rings (SSSR count). The number of halogens is 1. The van der Waals surface area contributed by atoms with E-state index in [1.54, 1.807) is 6.07 Å². The molecule has 0 unspecified atom stereocenters. The molecule has 1 aromatic rings. The molecule has 1 N–H and O–H groups in total. The highest BCUT2D eigenvalue weighted by Crippen LogP contribution is 2.54. The fourth-order valence-electron chi connectivity index (χ4n) is 3.79. The van der Waals surface area contributed by atoms with Crippen LogP contribution in [-0.4, -0.2) is 43.0 Å². The molecular weight excluding hydrogens is 324 g/mol. The topological polar surface area (TPSA) is 53.0 Å². The fourth-order valence-corrected chi connectivity index (χ4v) is 4.51. The van der Waals surface area contributed by atoms with Crippen molar-refractivity contribution in [3.8, 4) is 5.75 Å². The number of fused-ring (bicyclic) bond motifs is 3. The lowest BCUT2D eigenvalue weighted by Crippen LogP contribution is -2.45. The molecule has 1 fully saturated rings. The van der Waals surface area contributed by atoms with Gasteiger partial charge in [0.25, 0.3) is 0 Å². The van der Waals surface area contributed by atoms with Gasteiger partial charge in [0.1, 0.15) is 5.75 Å². The van der Waals surface area contributed by atoms with Crippen LogP contribution in [0.5, 0.6) is 5.75 Å². The van der Waals surface area contributed by atoms with Gasteiger partial charge in [-0.1, -0.05) is 6.92 Å². The van der Waals surface area contributed by atoms with Crippen LogP contribution in [0.4, 0.5) is 10.5 Å². The first-order chi connectivity index (χ1) is 9.34. The molecule has 0 radical (unpaired) electrons. The number of likely N-dealkylation sites (tertiary alicyclic amines) is 1. The van der Waals surface area contributed by atoms with Crippen LogP contribution in [0.25, 0.3) is 0 Å². The van der Waals surface area contributed by atoms with E-state index in [-0.39, 0.29) is 5.41 Å². The predicted molar refractivity (Wildman–Crippen MR) is 79.6 cm³/mol. The second kappa shape index (κ2) is 4.36. The van der Waals surface area contributed by atoms with Crippen LogP contribution < -0.4 is 9.64 Å². The number of likely N-dealkylation sites (N-methyl/N-ethyl adjacent to an activating group) is 2. The average molecular weight is 341 g/mol. The number of carboxylic acid groups (broad SMARTS) is 1. The molecular formula is C14H17BrN2O3. The van der Waals surface area contributed by atoms with E-state index in [2.05, 4.69) is 46.7 Å². The summed E-state index contributed by atoms with van der Waals surface area (Å²) in [5, 5.41) is 8.80. The van der Waals surface area contributed by atoms with E-state index < -0.39 is 6.16 Å². The third-order valence-corrected chi connectivity index (χ3v) is 5.15. The van der Waals surface area contributed by atoms with Crippen LogP contribution >= 0.6 is 15.9 Å². The maximum atomic E-state index is 10.7. The van der Waals surface area contributed by atoms with Gasteiger partial charge in [0.2, 0.25) is 0 Å². The molecule has 0 bridgehead atoms. The Labute approximate surface area is 126 Å². The van der Waals surface area contributed by atoms with Gasteiger partial charge < -0.3 is 14.7 Å². The first-order valence-electron chi connectivity index (χ1n) is 6.52. The van der Waals surface area contributed by atoms with Crippen LogP contribution in [-0.2, 0) is 5.41 Å². The Bertz CT molecular complexity index is 592. The van der Waals surface area contributed by atoms with Gasteiger partial charge in [-0.25, -0.2) is 4.79 Å². The van der Waals surface area contributed by atoms with Gasteiger partial charge in [-0.15, -0.1) is 0 Å². The Balaban J connectivity index is 2.14. The van der Waals surface area contributed by atoms with E-state index in [1.807, 2.05) is 6.07 Å². The molecule has 0 saturated carbocycles. The van der Waals surface area contributed by atoms with Crippen LogP contribution in [0.3, 0.4) is 0 Å². The summed E-state index contributed by atoms with van der Waals surface area (Å²) in [5.74, 6) is 0.368. The van der Waals surface area contributed by atoms with E-state index in [1.165, 1.54) is 0 Å². The molecule has 0 amide bonds. The molecule has 20 heavy (non-hydrogen) atoms. The van der Waals surface area contributed by atoms with E-state index in [0.717, 1.165) is 28.7 Å². The van der Waals surface area contributed by atoms with Crippen molar-refractivity contribution >= 4 is 27.8 Å². The van der Waals surface area contributed by atoms with E-state index in [0.29, 0.717) is 11.9 Å². The second-order valence-corrected chi connectivity index (χ2v) is 6.66. The molecule has 0 spiro atoms. The molecule has 1 aromatic carbocycles. The Morgan fingerprint density at radius 3 is 2.85 bits per heavy atom. The number of hydrogen-bond donors (Lipinski definition) is 1. The van der Waals surface area contributed by atoms with Crippen LogP contribution in [0.15, 0.2) is 16.6 Å². The summed E-state index contributed by atoms with van der Waals surface area (Å²) in [6, 6.07) is 3.58. The van der Waals surface area contributed by atoms with E-state index in [9.17, 15) is 4.79 Å². The molecule has 2 aliphatic heterocycles. The summed E-state index contributed by atoms with van der Waals surface area (Å²) in [6.07, 6.45) is 0.0661. The Morgan fingerprint density at radius 1 is 1.50 bits per heavy atom. The highest BCUT2D eigenvalue weighted by molar-refractivity contribution is 9.10. The predicted octanol–water partition coefficient (Wildman–Crippen LogP) is 2.88. The molecule has 0 aromatic heterocycles. The highest BCUT2D eigenvalue weighted by Gasteiger charge is 2.53. The Kier molecular flexibility index (Phi) is 2.99. The summed E-state index contributed by atoms with van der Waals surface area (Å²) in [5.41, 5.74) is 2.28. The van der Waals surface area contributed by atoms with Gasteiger partial charge in [-0.3, -0.25) is 4.90 Å². The first-order valence-corrected chi connectivity index (χ1v) is 7.32. The molecule has 1 saturated heterocycles. The molecule has 5 nitrogen and oxygen atoms in total. The number of benzene rings is 1. The lowest BCUT2D eigenvalue weighted by atomic mass is 9.81. The van der Waals surface area contributed by atoms with Crippen molar-refractivity contribution in [3.05, 3.63) is 22.2 Å². The van der Waals surface area contributed by atoms with E-state index >= 15 is 0 Å². The number of ether oxygens (including phenoxy) is 1. The number of carbonyl (C=O) groups is 1. The number of hydrogen-bond acceptors (Lipinski definition) is 4. The molecule has 2 aliphatic rings. The molecule has 2 atom stereocenters. The van der Waals surface area contributed by atoms with Gasteiger partial charge in [-0.2, -0.15) is 0 Å². The zero-order chi connectivity index (χ0) is 14.7. The lowest BCUT2D eigenvalue weighted by Gasteiger charge is -2.32. The molecule has 0 aliphatic carbocycles. The van der Waals surface area contributed by atoms with E-state index in [4.69, 9.17) is 9.84 Å². The van der Waals surface area contributed by atoms with Crippen molar-refractivity contribution in [2.24, 2.45) is 0 Å². The van der Waals surface area contributed by atoms with Crippen molar-refractivity contribution in [2.45, 2.75) is 24.9 Å². The highest BCUT2D eigenvalue weighted by atomic mass is 79.9. The second-order valence-electron chi connectivity index (χ2n) is 5.80. The molecule has 108 valence electrons. The third kappa shape index (κ3) is 1.74. The smallest absolute Gasteiger partial charge is 0.449 e. The maximum absolute atomic E-state index is 10.7. The third-order valence-electron chi connectivity index (χ3n) is 4.55. The minimum atomic E-state index is -1.28. The summed E-state index contributed by atoms with van der Waals surface area (Å²) < 4.78 is 5.70. The Hall–Kier alpha value is -1.27. The van der Waals surface area contributed by atoms with Crippen molar-refractivity contribution < 1.29 is 14.6 Å². The van der Waals surface area contributed by atoms with Gasteiger partial charge in [0, 0.05) is 23.5 Å². The standard InChI is InChI=1S/C14H17BrN2O3/c1-14-4-5-16(2)12(14)17(3)11-9(14)6-8(7-10(11)15)20-13(18)19/h6-7,12H,4-5H2,1-3H3,(H,18,19)/t12-,14+/m1/s1. The Morgan fingerprint density at radius 2 is 2.20 bits per heavy atom. The average Bonchev–Trinajstić information content (AvgIpc) is 2.74. The normalized spacial score (nSPS) is 28.4. The quantitative estimate of drug-likeness (QED) is 0.629. The minimum Gasteiger partial charge on any atom is -0.449 e. The number of anilines is 1. The summed E-state index contributed by atoms with van der Waals surface area (Å²) in [6.45, 7) is 3.27. The summed E-state index contributed by atoms with van der Waals surface area (Å²) >= 11 is 3.55. The van der Waals surface area contributed by atoms with Gasteiger partial charge >= 0.3 is 6.16 Å². The number of nitrogens with zero attached hydrogens (tertiary/aromatic N) is 2. The van der Waals surface area contributed by atoms with Crippen molar-refractivity contribution in [1.29, 1.82) is 0 Å². The summed E-state index contributed by atoms with van der Waals surface area (Å²) in [7, 11) is 4.21. The monoisotopic (exact) mass is 340 g/mol. The van der Waals surface area contributed by atoms with Crippen molar-refractivity contribution in [3.63, 3.8) is 0 Å². The van der Waals surface area contributed by atoms with Crippen molar-refractivity contribution in [1.82, 2.24) is 4.90 Å². The van der Waals surface area contributed by atoms with Crippen molar-refractivity contribution in [2.75, 3.05) is 25.5 Å². The van der Waals surface area contributed by atoms with Crippen LogP contribution in [0.2, 0.25) is 0 Å². The lowest BCUT2D eigenvalue weighted by molar-refractivity contribution is 0.144. The largest absolute Gasteiger partial charge is 0.511 e. The minimum absolute atomic E-state index is 0.000767. The molecule has 6 heteroatoms. The SMILES string of the molecule is CN1CC[C@@]2(C)c3cc(OC(=O)O)cc(Br)c3N(C)[C@@H]12. The van der Waals surface area contributed by atoms with Crippen LogP contribution in [0.1, 0.15) is 18.9 Å². The first kappa shape index (κ1) is 13.7.